The first-order valence-electron chi connectivity index (χ1n) is 4.79. The summed E-state index contributed by atoms with van der Waals surface area (Å²) < 4.78 is 14.5. The summed E-state index contributed by atoms with van der Waals surface area (Å²) in [5.74, 6) is -0.241. The summed E-state index contributed by atoms with van der Waals surface area (Å²) in [5, 5.41) is 1.87. The van der Waals surface area contributed by atoms with E-state index in [1.165, 1.54) is 29.2 Å². The molecule has 2 aromatic rings. The molecule has 1 heterocycles. The Kier molecular flexibility index (Phi) is 3.58. The van der Waals surface area contributed by atoms with Gasteiger partial charge in [-0.15, -0.1) is 11.3 Å². The summed E-state index contributed by atoms with van der Waals surface area (Å²) in [5.41, 5.74) is 6.49. The molecule has 0 saturated carbocycles. The maximum atomic E-state index is 13.7. The second kappa shape index (κ2) is 4.95. The van der Waals surface area contributed by atoms with Gasteiger partial charge in [0, 0.05) is 17.6 Å². The molecule has 0 aliphatic carbocycles. The average molecular weight is 254 g/mol. The fourth-order valence-electron chi connectivity index (χ4n) is 1.24. The summed E-state index contributed by atoms with van der Waals surface area (Å²) >= 11 is 2.83. The Balaban J connectivity index is 2.23. The molecule has 1 atom stereocenters. The van der Waals surface area contributed by atoms with E-state index in [1.807, 2.05) is 18.4 Å². The molecule has 0 aliphatic heterocycles. The molecule has 0 fully saturated rings. The number of nitrogens with zero attached hydrogens (tertiary/aromatic N) is 1. The van der Waals surface area contributed by atoms with Gasteiger partial charge in [0.2, 0.25) is 0 Å². The molecule has 16 heavy (non-hydrogen) atoms. The summed E-state index contributed by atoms with van der Waals surface area (Å²) in [6.45, 7) is 1.84. The first-order chi connectivity index (χ1) is 7.66. The maximum absolute atomic E-state index is 13.7. The highest BCUT2D eigenvalue weighted by molar-refractivity contribution is 8.01. The Morgan fingerprint density at radius 2 is 2.31 bits per heavy atom. The van der Waals surface area contributed by atoms with Crippen LogP contribution in [-0.4, -0.2) is 4.98 Å². The van der Waals surface area contributed by atoms with Gasteiger partial charge in [-0.1, -0.05) is 17.8 Å². The molecule has 1 unspecified atom stereocenters. The standard InChI is InChI=1S/C11H11FN2S2/c1-7(13)8-2-3-10(9(12)6-8)16-11-14-4-5-15-11/h2-7H,13H2,1H3. The number of hydrogen-bond acceptors (Lipinski definition) is 4. The molecule has 0 radical (unpaired) electrons. The molecule has 2 nitrogen and oxygen atoms in total. The zero-order valence-electron chi connectivity index (χ0n) is 8.68. The molecule has 0 bridgehead atoms. The SMILES string of the molecule is CC(N)c1ccc(Sc2nccs2)c(F)c1. The van der Waals surface area contributed by atoms with Crippen LogP contribution in [-0.2, 0) is 0 Å². The molecular formula is C11H11FN2S2. The number of thiazole rings is 1. The molecule has 2 rings (SSSR count). The van der Waals surface area contributed by atoms with Gasteiger partial charge in [-0.3, -0.25) is 0 Å². The predicted molar refractivity (Wildman–Crippen MR) is 65.2 cm³/mol. The fraction of sp³-hybridized carbons (Fsp3) is 0.182. The normalized spacial score (nSPS) is 12.7. The number of rotatable bonds is 3. The van der Waals surface area contributed by atoms with Crippen LogP contribution in [0.2, 0.25) is 0 Å². The highest BCUT2D eigenvalue weighted by Crippen LogP contribution is 2.31. The van der Waals surface area contributed by atoms with E-state index in [-0.39, 0.29) is 11.9 Å². The maximum Gasteiger partial charge on any atom is 0.154 e. The van der Waals surface area contributed by atoms with E-state index in [1.54, 1.807) is 12.3 Å². The van der Waals surface area contributed by atoms with Gasteiger partial charge < -0.3 is 5.73 Å². The molecule has 1 aromatic carbocycles. The fourth-order valence-corrected chi connectivity index (χ4v) is 2.82. The largest absolute Gasteiger partial charge is 0.324 e. The van der Waals surface area contributed by atoms with Crippen molar-refractivity contribution in [1.82, 2.24) is 4.98 Å². The quantitative estimate of drug-likeness (QED) is 0.911. The molecule has 84 valence electrons. The highest BCUT2D eigenvalue weighted by Gasteiger charge is 2.08. The number of hydrogen-bond donors (Lipinski definition) is 1. The Morgan fingerprint density at radius 3 is 2.88 bits per heavy atom. The van der Waals surface area contributed by atoms with Gasteiger partial charge >= 0.3 is 0 Å². The van der Waals surface area contributed by atoms with Crippen LogP contribution >= 0.6 is 23.1 Å². The number of aromatic nitrogens is 1. The minimum atomic E-state index is -0.241. The van der Waals surface area contributed by atoms with Crippen LogP contribution in [0.25, 0.3) is 0 Å². The van der Waals surface area contributed by atoms with Gasteiger partial charge in [-0.05, 0) is 24.6 Å². The Morgan fingerprint density at radius 1 is 1.50 bits per heavy atom. The summed E-state index contributed by atoms with van der Waals surface area (Å²) in [6.07, 6.45) is 1.71. The Labute approximate surface area is 102 Å². The van der Waals surface area contributed by atoms with Crippen molar-refractivity contribution in [2.45, 2.75) is 22.2 Å². The van der Waals surface area contributed by atoms with Crippen LogP contribution in [0.1, 0.15) is 18.5 Å². The summed E-state index contributed by atoms with van der Waals surface area (Å²) in [4.78, 5) is 4.68. The molecule has 0 saturated heterocycles. The lowest BCUT2D eigenvalue weighted by atomic mass is 10.1. The second-order valence-corrected chi connectivity index (χ2v) is 5.56. The van der Waals surface area contributed by atoms with Crippen molar-refractivity contribution in [3.8, 4) is 0 Å². The van der Waals surface area contributed by atoms with Gasteiger partial charge in [0.15, 0.2) is 4.34 Å². The van der Waals surface area contributed by atoms with E-state index in [0.29, 0.717) is 4.90 Å². The lowest BCUT2D eigenvalue weighted by molar-refractivity contribution is 0.596. The van der Waals surface area contributed by atoms with Crippen LogP contribution in [0, 0.1) is 5.82 Å². The predicted octanol–water partition coefficient (Wildman–Crippen LogP) is 3.45. The van der Waals surface area contributed by atoms with Crippen molar-refractivity contribution in [3.63, 3.8) is 0 Å². The zero-order chi connectivity index (χ0) is 11.5. The lowest BCUT2D eigenvalue weighted by Gasteiger charge is -2.07. The minimum absolute atomic E-state index is 0.145. The smallest absolute Gasteiger partial charge is 0.154 e. The van der Waals surface area contributed by atoms with Crippen molar-refractivity contribution in [2.75, 3.05) is 0 Å². The third-order valence-corrected chi connectivity index (χ3v) is 4.02. The van der Waals surface area contributed by atoms with Gasteiger partial charge in [0.05, 0.1) is 4.90 Å². The van der Waals surface area contributed by atoms with Gasteiger partial charge in [0.25, 0.3) is 0 Å². The molecule has 0 spiro atoms. The molecule has 0 aliphatic rings. The van der Waals surface area contributed by atoms with E-state index in [4.69, 9.17) is 5.73 Å². The van der Waals surface area contributed by atoms with Gasteiger partial charge in [-0.25, -0.2) is 9.37 Å². The molecule has 1 aromatic heterocycles. The van der Waals surface area contributed by atoms with Gasteiger partial charge in [-0.2, -0.15) is 0 Å². The Hall–Kier alpha value is -0.910. The highest BCUT2D eigenvalue weighted by atomic mass is 32.2. The van der Waals surface area contributed by atoms with E-state index in [2.05, 4.69) is 4.98 Å². The third-order valence-electron chi connectivity index (χ3n) is 2.09. The van der Waals surface area contributed by atoms with E-state index in [0.717, 1.165) is 9.90 Å². The van der Waals surface area contributed by atoms with Gasteiger partial charge in [0.1, 0.15) is 5.82 Å². The van der Waals surface area contributed by atoms with Crippen molar-refractivity contribution in [2.24, 2.45) is 5.73 Å². The number of benzene rings is 1. The van der Waals surface area contributed by atoms with E-state index in [9.17, 15) is 4.39 Å². The molecular weight excluding hydrogens is 243 g/mol. The van der Waals surface area contributed by atoms with E-state index >= 15 is 0 Å². The molecule has 2 N–H and O–H groups in total. The minimum Gasteiger partial charge on any atom is -0.324 e. The topological polar surface area (TPSA) is 38.9 Å². The summed E-state index contributed by atoms with van der Waals surface area (Å²) in [7, 11) is 0. The number of halogens is 1. The van der Waals surface area contributed by atoms with Crippen LogP contribution in [0.4, 0.5) is 4.39 Å². The zero-order valence-corrected chi connectivity index (χ0v) is 10.3. The first kappa shape index (κ1) is 11.6. The monoisotopic (exact) mass is 254 g/mol. The average Bonchev–Trinajstić information content (AvgIpc) is 2.73. The molecule has 0 amide bonds. The van der Waals surface area contributed by atoms with Crippen LogP contribution in [0.3, 0.4) is 0 Å². The molecule has 5 heteroatoms. The van der Waals surface area contributed by atoms with Crippen molar-refractivity contribution in [1.29, 1.82) is 0 Å². The van der Waals surface area contributed by atoms with Crippen LogP contribution in [0.5, 0.6) is 0 Å². The third kappa shape index (κ3) is 2.61. The number of nitrogens with two attached hydrogens (primary N) is 1. The Bertz CT molecular complexity index is 469. The lowest BCUT2D eigenvalue weighted by Crippen LogP contribution is -2.05. The van der Waals surface area contributed by atoms with Crippen LogP contribution < -0.4 is 5.73 Å². The van der Waals surface area contributed by atoms with E-state index < -0.39 is 0 Å². The van der Waals surface area contributed by atoms with Crippen molar-refractivity contribution >= 4 is 23.1 Å². The summed E-state index contributed by atoms with van der Waals surface area (Å²) in [6, 6.07) is 4.94. The van der Waals surface area contributed by atoms with Crippen molar-refractivity contribution in [3.05, 3.63) is 41.2 Å². The van der Waals surface area contributed by atoms with Crippen LogP contribution in [0.15, 0.2) is 39.0 Å². The first-order valence-corrected chi connectivity index (χ1v) is 6.49. The van der Waals surface area contributed by atoms with Crippen molar-refractivity contribution < 1.29 is 4.39 Å². The second-order valence-electron chi connectivity index (χ2n) is 3.38.